The van der Waals surface area contributed by atoms with Crippen LogP contribution < -0.4 is 0 Å². The highest BCUT2D eigenvalue weighted by Gasteiger charge is 2.36. The highest BCUT2D eigenvalue weighted by Crippen LogP contribution is 2.36. The second-order valence-corrected chi connectivity index (χ2v) is 4.51. The van der Waals surface area contributed by atoms with Crippen LogP contribution in [0, 0.1) is 0 Å². The quantitative estimate of drug-likeness (QED) is 0.641. The van der Waals surface area contributed by atoms with Crippen molar-refractivity contribution < 1.29 is 36.2 Å². The van der Waals surface area contributed by atoms with Crippen molar-refractivity contribution in [3.8, 4) is 0 Å². The molecule has 1 N–H and O–H groups in total. The number of alkyl halides is 6. The van der Waals surface area contributed by atoms with E-state index >= 15 is 0 Å². The van der Waals surface area contributed by atoms with Crippen molar-refractivity contribution in [1.29, 1.82) is 0 Å². The number of halogens is 6. The number of hydrogen-bond acceptors (Lipinski definition) is 1. The Kier molecular flexibility index (Phi) is 5.25. The van der Waals surface area contributed by atoms with Crippen LogP contribution in [0.15, 0.2) is 18.2 Å². The molecule has 0 aliphatic heterocycles. The van der Waals surface area contributed by atoms with E-state index in [4.69, 9.17) is 5.11 Å². The average Bonchev–Trinajstić information content (AvgIpc) is 2.32. The third kappa shape index (κ3) is 5.65. The van der Waals surface area contributed by atoms with E-state index in [1.165, 1.54) is 0 Å². The van der Waals surface area contributed by atoms with Gasteiger partial charge in [0.15, 0.2) is 0 Å². The zero-order chi connectivity index (χ0) is 16.3. The number of benzene rings is 1. The summed E-state index contributed by atoms with van der Waals surface area (Å²) in [7, 11) is 0. The van der Waals surface area contributed by atoms with E-state index in [0.29, 0.717) is 12.1 Å². The Morgan fingerprint density at radius 2 is 1.38 bits per heavy atom. The first-order valence-corrected chi connectivity index (χ1v) is 6.00. The molecule has 0 saturated carbocycles. The lowest BCUT2D eigenvalue weighted by Crippen LogP contribution is -2.11. The first-order valence-electron chi connectivity index (χ1n) is 6.00. The van der Waals surface area contributed by atoms with Crippen molar-refractivity contribution in [3.05, 3.63) is 34.9 Å². The zero-order valence-electron chi connectivity index (χ0n) is 10.7. The van der Waals surface area contributed by atoms with Gasteiger partial charge < -0.3 is 5.11 Å². The van der Waals surface area contributed by atoms with Gasteiger partial charge >= 0.3 is 18.3 Å². The second-order valence-electron chi connectivity index (χ2n) is 4.51. The van der Waals surface area contributed by atoms with Gasteiger partial charge in [0.1, 0.15) is 0 Å². The van der Waals surface area contributed by atoms with E-state index in [2.05, 4.69) is 0 Å². The molecule has 0 amide bonds. The molecule has 0 heterocycles. The molecule has 0 aliphatic carbocycles. The van der Waals surface area contributed by atoms with E-state index in [9.17, 15) is 31.1 Å². The molecule has 0 saturated heterocycles. The summed E-state index contributed by atoms with van der Waals surface area (Å²) in [5, 5.41) is 8.41. The minimum absolute atomic E-state index is 0.0414. The molecule has 0 bridgehead atoms. The fourth-order valence-electron chi connectivity index (χ4n) is 1.77. The number of aryl methyl sites for hydroxylation is 1. The molecule has 21 heavy (non-hydrogen) atoms. The van der Waals surface area contributed by atoms with Crippen LogP contribution in [-0.4, -0.2) is 11.1 Å². The number of carboxylic acid groups (broad SMARTS) is 1. The summed E-state index contributed by atoms with van der Waals surface area (Å²) in [6.45, 7) is 0. The van der Waals surface area contributed by atoms with Crippen LogP contribution in [-0.2, 0) is 23.6 Å². The van der Waals surface area contributed by atoms with Gasteiger partial charge in [-0.3, -0.25) is 4.79 Å². The Hall–Kier alpha value is -1.73. The third-order valence-corrected chi connectivity index (χ3v) is 2.75. The van der Waals surface area contributed by atoms with Crippen molar-refractivity contribution in [2.75, 3.05) is 0 Å². The smallest absolute Gasteiger partial charge is 0.416 e. The highest BCUT2D eigenvalue weighted by atomic mass is 19.4. The van der Waals surface area contributed by atoms with Crippen molar-refractivity contribution in [2.45, 2.75) is 38.0 Å². The molecule has 1 aromatic rings. The fraction of sp³-hybridized carbons (Fsp3) is 0.462. The van der Waals surface area contributed by atoms with Gasteiger partial charge in [-0.05, 0) is 43.0 Å². The van der Waals surface area contributed by atoms with Gasteiger partial charge in [0, 0.05) is 6.42 Å². The molecule has 0 unspecified atom stereocenters. The molecule has 8 heteroatoms. The first-order chi connectivity index (χ1) is 9.50. The lowest BCUT2D eigenvalue weighted by molar-refractivity contribution is -0.143. The number of aliphatic carboxylic acids is 1. The van der Waals surface area contributed by atoms with Gasteiger partial charge in [0.25, 0.3) is 0 Å². The number of hydrogen-bond donors (Lipinski definition) is 1. The topological polar surface area (TPSA) is 37.3 Å². The van der Waals surface area contributed by atoms with Gasteiger partial charge in [-0.25, -0.2) is 0 Å². The van der Waals surface area contributed by atoms with E-state index < -0.39 is 29.4 Å². The summed E-state index contributed by atoms with van der Waals surface area (Å²) in [6, 6.07) is 1.40. The Morgan fingerprint density at radius 3 is 1.76 bits per heavy atom. The number of rotatable bonds is 5. The first kappa shape index (κ1) is 17.3. The zero-order valence-corrected chi connectivity index (χ0v) is 10.7. The SMILES string of the molecule is O=C(O)CCCCc1cc(C(F)(F)F)cc(C(F)(F)F)c1. The Balaban J connectivity index is 2.95. The van der Waals surface area contributed by atoms with E-state index in [1.54, 1.807) is 0 Å². The van der Waals surface area contributed by atoms with Gasteiger partial charge in [0.05, 0.1) is 11.1 Å². The van der Waals surface area contributed by atoms with Crippen molar-refractivity contribution >= 4 is 5.97 Å². The van der Waals surface area contributed by atoms with Gasteiger partial charge in [-0.1, -0.05) is 0 Å². The van der Waals surface area contributed by atoms with Crippen molar-refractivity contribution in [2.24, 2.45) is 0 Å². The molecule has 1 rings (SSSR count). The van der Waals surface area contributed by atoms with Crippen LogP contribution in [0.25, 0.3) is 0 Å². The predicted molar refractivity (Wildman–Crippen MR) is 61.6 cm³/mol. The second kappa shape index (κ2) is 6.36. The summed E-state index contributed by atoms with van der Waals surface area (Å²) in [5.41, 5.74) is -2.82. The van der Waals surface area contributed by atoms with Crippen molar-refractivity contribution in [1.82, 2.24) is 0 Å². The molecule has 0 aliphatic rings. The molecule has 118 valence electrons. The lowest BCUT2D eigenvalue weighted by Gasteiger charge is -2.14. The highest BCUT2D eigenvalue weighted by molar-refractivity contribution is 5.66. The summed E-state index contributed by atoms with van der Waals surface area (Å²) >= 11 is 0. The summed E-state index contributed by atoms with van der Waals surface area (Å²) < 4.78 is 75.5. The van der Waals surface area contributed by atoms with Gasteiger partial charge in [-0.2, -0.15) is 26.3 Å². The van der Waals surface area contributed by atoms with E-state index in [0.717, 1.165) is 0 Å². The maximum Gasteiger partial charge on any atom is 0.416 e. The van der Waals surface area contributed by atoms with Crippen LogP contribution in [0.4, 0.5) is 26.3 Å². The lowest BCUT2D eigenvalue weighted by atomic mass is 10.0. The average molecular weight is 314 g/mol. The standard InChI is InChI=1S/C13H12F6O2/c14-12(15,16)9-5-8(3-1-2-4-11(20)21)6-10(7-9)13(17,18)19/h5-7H,1-4H2,(H,20,21). The number of carbonyl (C=O) groups is 1. The van der Waals surface area contributed by atoms with Crippen LogP contribution in [0.1, 0.15) is 36.0 Å². The molecule has 0 aromatic heterocycles. The number of unbranched alkanes of at least 4 members (excludes halogenated alkanes) is 1. The van der Waals surface area contributed by atoms with E-state index in [1.807, 2.05) is 0 Å². The normalized spacial score (nSPS) is 12.5. The molecule has 1 aromatic carbocycles. The van der Waals surface area contributed by atoms with Gasteiger partial charge in [0.2, 0.25) is 0 Å². The minimum Gasteiger partial charge on any atom is -0.481 e. The Bertz CT molecular complexity index is 472. The molecular weight excluding hydrogens is 302 g/mol. The molecular formula is C13H12F6O2. The number of carboxylic acids is 1. The molecule has 0 radical (unpaired) electrons. The Labute approximate surface area is 116 Å². The third-order valence-electron chi connectivity index (χ3n) is 2.75. The van der Waals surface area contributed by atoms with Gasteiger partial charge in [-0.15, -0.1) is 0 Å². The largest absolute Gasteiger partial charge is 0.481 e. The summed E-state index contributed by atoms with van der Waals surface area (Å²) in [5.74, 6) is -1.06. The van der Waals surface area contributed by atoms with E-state index in [-0.39, 0.29) is 37.3 Å². The fourth-order valence-corrected chi connectivity index (χ4v) is 1.77. The van der Waals surface area contributed by atoms with Crippen LogP contribution in [0.2, 0.25) is 0 Å². The maximum atomic E-state index is 12.6. The summed E-state index contributed by atoms with van der Waals surface area (Å²) in [4.78, 5) is 10.3. The van der Waals surface area contributed by atoms with Crippen molar-refractivity contribution in [3.63, 3.8) is 0 Å². The molecule has 0 spiro atoms. The predicted octanol–water partition coefficient (Wildman–Crippen LogP) is 4.52. The van der Waals surface area contributed by atoms with Crippen LogP contribution >= 0.6 is 0 Å². The molecule has 2 nitrogen and oxygen atoms in total. The Morgan fingerprint density at radius 1 is 0.905 bits per heavy atom. The monoisotopic (exact) mass is 314 g/mol. The molecule has 0 atom stereocenters. The molecule has 0 fully saturated rings. The maximum absolute atomic E-state index is 12.6. The summed E-state index contributed by atoms with van der Waals surface area (Å²) in [6.07, 6.45) is -9.56. The minimum atomic E-state index is -4.86. The van der Waals surface area contributed by atoms with Crippen LogP contribution in [0.3, 0.4) is 0 Å². The van der Waals surface area contributed by atoms with Crippen LogP contribution in [0.5, 0.6) is 0 Å².